The fourth-order valence-electron chi connectivity index (χ4n) is 3.69. The number of benzene rings is 1. The second-order valence-corrected chi connectivity index (χ2v) is 7.77. The Bertz CT molecular complexity index is 794. The van der Waals surface area contributed by atoms with Crippen molar-refractivity contribution in [3.8, 4) is 0 Å². The van der Waals surface area contributed by atoms with Crippen molar-refractivity contribution in [3.63, 3.8) is 0 Å². The second kappa shape index (κ2) is 8.71. The summed E-state index contributed by atoms with van der Waals surface area (Å²) in [4.78, 5) is 24.4. The Labute approximate surface area is 162 Å². The van der Waals surface area contributed by atoms with Gasteiger partial charge in [-0.3, -0.25) is 9.59 Å². The van der Waals surface area contributed by atoms with E-state index in [1.165, 1.54) is 6.42 Å². The minimum Gasteiger partial charge on any atom is -0.354 e. The van der Waals surface area contributed by atoms with Gasteiger partial charge in [0.2, 0.25) is 11.8 Å². The van der Waals surface area contributed by atoms with Crippen molar-refractivity contribution in [2.45, 2.75) is 45.6 Å². The van der Waals surface area contributed by atoms with E-state index in [1.807, 2.05) is 35.8 Å². The highest BCUT2D eigenvalue weighted by atomic mass is 79.9. The third-order valence-electron chi connectivity index (χ3n) is 5.18. The van der Waals surface area contributed by atoms with Gasteiger partial charge in [0.1, 0.15) is 6.54 Å². The molecule has 2 aromatic rings. The number of aromatic nitrogens is 1. The largest absolute Gasteiger partial charge is 0.354 e. The molecular formula is C20H26BrN3O2. The molecule has 1 aromatic carbocycles. The van der Waals surface area contributed by atoms with Gasteiger partial charge >= 0.3 is 0 Å². The number of rotatable bonds is 6. The molecule has 0 unspecified atom stereocenters. The third-order valence-corrected chi connectivity index (χ3v) is 6.18. The molecule has 0 radical (unpaired) electrons. The van der Waals surface area contributed by atoms with Crippen LogP contribution in [0.2, 0.25) is 0 Å². The van der Waals surface area contributed by atoms with E-state index in [0.717, 1.165) is 46.8 Å². The summed E-state index contributed by atoms with van der Waals surface area (Å²) < 4.78 is 3.04. The van der Waals surface area contributed by atoms with Crippen LogP contribution in [0.15, 0.2) is 28.7 Å². The van der Waals surface area contributed by atoms with Crippen LogP contribution in [0.4, 0.5) is 0 Å². The Morgan fingerprint density at radius 3 is 2.58 bits per heavy atom. The quantitative estimate of drug-likeness (QED) is 0.703. The van der Waals surface area contributed by atoms with E-state index in [9.17, 15) is 9.59 Å². The molecule has 3 rings (SSSR count). The van der Waals surface area contributed by atoms with Crippen LogP contribution in [0.3, 0.4) is 0 Å². The van der Waals surface area contributed by atoms with E-state index in [-0.39, 0.29) is 24.3 Å². The van der Waals surface area contributed by atoms with E-state index in [0.29, 0.717) is 13.1 Å². The molecule has 1 heterocycles. The molecule has 140 valence electrons. The summed E-state index contributed by atoms with van der Waals surface area (Å²) in [6.45, 7) is 3.21. The maximum absolute atomic E-state index is 12.3. The number of carbonyl (C=O) groups excluding carboxylic acids is 2. The number of fused-ring (bicyclic) bond motifs is 1. The predicted molar refractivity (Wildman–Crippen MR) is 107 cm³/mol. The number of hydrogen-bond donors (Lipinski definition) is 2. The van der Waals surface area contributed by atoms with Crippen LogP contribution in [-0.4, -0.2) is 29.5 Å². The average molecular weight is 420 g/mol. The van der Waals surface area contributed by atoms with E-state index in [2.05, 4.69) is 26.6 Å². The van der Waals surface area contributed by atoms with E-state index in [4.69, 9.17) is 0 Å². The number of hydrogen-bond acceptors (Lipinski definition) is 2. The van der Waals surface area contributed by atoms with Crippen LogP contribution < -0.4 is 10.6 Å². The van der Waals surface area contributed by atoms with Gasteiger partial charge in [-0.05, 0) is 41.8 Å². The molecule has 2 N–H and O–H groups in total. The van der Waals surface area contributed by atoms with E-state index >= 15 is 0 Å². The highest BCUT2D eigenvalue weighted by Gasteiger charge is 2.20. The third kappa shape index (κ3) is 4.29. The van der Waals surface area contributed by atoms with Crippen LogP contribution in [0.1, 0.15) is 37.8 Å². The number of carbonyl (C=O) groups is 2. The van der Waals surface area contributed by atoms with Gasteiger partial charge in [0.25, 0.3) is 0 Å². The van der Waals surface area contributed by atoms with Crippen molar-refractivity contribution in [2.24, 2.45) is 5.92 Å². The summed E-state index contributed by atoms with van der Waals surface area (Å²) in [5.41, 5.74) is 2.07. The van der Waals surface area contributed by atoms with Gasteiger partial charge in [0, 0.05) is 40.1 Å². The standard InChI is InChI=1S/C20H26BrN3O2/c1-14-19(21)16-9-5-6-10-17(16)24(14)13-18(25)22-11-12-23-20(26)15-7-3-2-4-8-15/h5-6,9-10,15H,2-4,7-8,11-13H2,1H3,(H,22,25)(H,23,26). The van der Waals surface area contributed by atoms with Gasteiger partial charge in [-0.15, -0.1) is 0 Å². The minimum atomic E-state index is -0.0479. The lowest BCUT2D eigenvalue weighted by Crippen LogP contribution is -2.39. The lowest BCUT2D eigenvalue weighted by Gasteiger charge is -2.20. The molecule has 0 saturated heterocycles. The molecule has 1 fully saturated rings. The first-order valence-corrected chi connectivity index (χ1v) is 10.1. The topological polar surface area (TPSA) is 63.1 Å². The molecular weight excluding hydrogens is 394 g/mol. The van der Waals surface area contributed by atoms with E-state index in [1.54, 1.807) is 0 Å². The number of halogens is 1. The fraction of sp³-hybridized carbons (Fsp3) is 0.500. The molecule has 0 aliphatic heterocycles. The van der Waals surface area contributed by atoms with Crippen LogP contribution in [0.25, 0.3) is 10.9 Å². The Morgan fingerprint density at radius 1 is 1.12 bits per heavy atom. The molecule has 1 aliphatic rings. The molecule has 0 atom stereocenters. The second-order valence-electron chi connectivity index (χ2n) is 6.98. The molecule has 1 aromatic heterocycles. The zero-order chi connectivity index (χ0) is 18.5. The van der Waals surface area contributed by atoms with Crippen molar-refractivity contribution in [3.05, 3.63) is 34.4 Å². The number of nitrogens with zero attached hydrogens (tertiary/aromatic N) is 1. The fourth-order valence-corrected chi connectivity index (χ4v) is 4.24. The first kappa shape index (κ1) is 19.0. The van der Waals surface area contributed by atoms with Gasteiger partial charge in [0.05, 0.1) is 0 Å². The van der Waals surface area contributed by atoms with Crippen molar-refractivity contribution in [1.82, 2.24) is 15.2 Å². The number of nitrogens with one attached hydrogen (secondary N) is 2. The van der Waals surface area contributed by atoms with Crippen LogP contribution in [0, 0.1) is 12.8 Å². The Kier molecular flexibility index (Phi) is 6.35. The predicted octanol–water partition coefficient (Wildman–Crippen LogP) is 3.52. The molecule has 6 heteroatoms. The highest BCUT2D eigenvalue weighted by molar-refractivity contribution is 9.10. The summed E-state index contributed by atoms with van der Waals surface area (Å²) in [6.07, 6.45) is 5.52. The molecule has 26 heavy (non-hydrogen) atoms. The SMILES string of the molecule is Cc1c(Br)c2ccccc2n1CC(=O)NCCNC(=O)C1CCCCC1. The first-order chi connectivity index (χ1) is 12.6. The highest BCUT2D eigenvalue weighted by Crippen LogP contribution is 2.30. The number of amides is 2. The van der Waals surface area contributed by atoms with Gasteiger partial charge in [0.15, 0.2) is 0 Å². The molecule has 2 amide bonds. The Hall–Kier alpha value is -1.82. The van der Waals surface area contributed by atoms with E-state index < -0.39 is 0 Å². The molecule has 5 nitrogen and oxygen atoms in total. The normalized spacial score (nSPS) is 15.2. The lowest BCUT2D eigenvalue weighted by molar-refractivity contribution is -0.126. The van der Waals surface area contributed by atoms with Crippen LogP contribution >= 0.6 is 15.9 Å². The van der Waals surface area contributed by atoms with Gasteiger partial charge in [-0.25, -0.2) is 0 Å². The van der Waals surface area contributed by atoms with Crippen LogP contribution in [0.5, 0.6) is 0 Å². The summed E-state index contributed by atoms with van der Waals surface area (Å²) in [7, 11) is 0. The van der Waals surface area contributed by atoms with Crippen molar-refractivity contribution >= 4 is 38.6 Å². The average Bonchev–Trinajstić information content (AvgIpc) is 2.91. The summed E-state index contributed by atoms with van der Waals surface area (Å²) in [5, 5.41) is 6.96. The molecule has 1 saturated carbocycles. The first-order valence-electron chi connectivity index (χ1n) is 9.35. The van der Waals surface area contributed by atoms with Crippen molar-refractivity contribution in [2.75, 3.05) is 13.1 Å². The zero-order valence-electron chi connectivity index (χ0n) is 15.2. The summed E-state index contributed by atoms with van der Waals surface area (Å²) in [5.74, 6) is 0.245. The smallest absolute Gasteiger partial charge is 0.240 e. The monoisotopic (exact) mass is 419 g/mol. The Balaban J connectivity index is 1.48. The zero-order valence-corrected chi connectivity index (χ0v) is 16.8. The van der Waals surface area contributed by atoms with Crippen molar-refractivity contribution in [1.29, 1.82) is 0 Å². The maximum atomic E-state index is 12.3. The van der Waals surface area contributed by atoms with Crippen molar-refractivity contribution < 1.29 is 9.59 Å². The molecule has 0 bridgehead atoms. The molecule has 1 aliphatic carbocycles. The Morgan fingerprint density at radius 2 is 1.81 bits per heavy atom. The van der Waals surface area contributed by atoms with Gasteiger partial charge in [-0.2, -0.15) is 0 Å². The van der Waals surface area contributed by atoms with Gasteiger partial charge < -0.3 is 15.2 Å². The molecule has 0 spiro atoms. The van der Waals surface area contributed by atoms with Crippen LogP contribution in [-0.2, 0) is 16.1 Å². The lowest BCUT2D eigenvalue weighted by atomic mass is 9.89. The summed E-state index contributed by atoms with van der Waals surface area (Å²) >= 11 is 3.61. The number of para-hydroxylation sites is 1. The maximum Gasteiger partial charge on any atom is 0.240 e. The summed E-state index contributed by atoms with van der Waals surface area (Å²) in [6, 6.07) is 8.03. The minimum absolute atomic E-state index is 0.0479. The van der Waals surface area contributed by atoms with Gasteiger partial charge in [-0.1, -0.05) is 37.5 Å².